The van der Waals surface area contributed by atoms with Crippen LogP contribution in [0.4, 0.5) is 5.69 Å². The van der Waals surface area contributed by atoms with E-state index in [1.54, 1.807) is 47.7 Å². The average Bonchev–Trinajstić information content (AvgIpc) is 3.48. The van der Waals surface area contributed by atoms with E-state index in [0.29, 0.717) is 29.4 Å². The number of nitrogens with one attached hydrogen (secondary N) is 1. The van der Waals surface area contributed by atoms with Gasteiger partial charge in [-0.1, -0.05) is 11.2 Å². The molecule has 0 aliphatic rings. The Hall–Kier alpha value is -4.50. The molecule has 1 N–H and O–H groups in total. The number of fused-ring (bicyclic) bond motifs is 1. The summed E-state index contributed by atoms with van der Waals surface area (Å²) in [6.45, 7) is 5.65. The molecule has 3 aromatic carbocycles. The molecule has 0 atom stereocenters. The van der Waals surface area contributed by atoms with Gasteiger partial charge in [-0.3, -0.25) is 4.79 Å². The first kappa shape index (κ1) is 25.2. The van der Waals surface area contributed by atoms with E-state index in [1.165, 1.54) is 5.56 Å². The first-order chi connectivity index (χ1) is 18.4. The number of hydrogen-bond donors (Lipinski definition) is 1. The lowest BCUT2D eigenvalue weighted by Crippen LogP contribution is -2.20. The maximum atomic E-state index is 12.4. The van der Waals surface area contributed by atoms with Crippen LogP contribution in [0.15, 0.2) is 71.3 Å². The molecule has 9 heteroatoms. The predicted molar refractivity (Wildman–Crippen MR) is 145 cm³/mol. The Bertz CT molecular complexity index is 1580. The van der Waals surface area contributed by atoms with Crippen LogP contribution in [-0.2, 0) is 16.1 Å². The quantitative estimate of drug-likeness (QED) is 0.238. The third-order valence-electron chi connectivity index (χ3n) is 5.95. The van der Waals surface area contributed by atoms with Crippen molar-refractivity contribution < 1.29 is 23.6 Å². The zero-order valence-electron chi connectivity index (χ0n) is 21.1. The number of carbonyl (C=O) groups is 2. The zero-order chi connectivity index (χ0) is 26.6. The molecular formula is C29H25N3O5S. The first-order valence-electron chi connectivity index (χ1n) is 11.9. The second-order valence-electron chi connectivity index (χ2n) is 8.81. The fourth-order valence-electron chi connectivity index (χ4n) is 3.81. The van der Waals surface area contributed by atoms with Gasteiger partial charge in [0, 0.05) is 11.3 Å². The normalized spacial score (nSPS) is 10.9. The number of thiazole rings is 1. The number of aromatic nitrogens is 2. The van der Waals surface area contributed by atoms with Crippen molar-refractivity contribution >= 4 is 39.1 Å². The molecule has 5 rings (SSSR count). The summed E-state index contributed by atoms with van der Waals surface area (Å²) in [5.74, 6) is 0.267. The first-order valence-corrected chi connectivity index (χ1v) is 12.8. The molecule has 8 nitrogen and oxygen atoms in total. The summed E-state index contributed by atoms with van der Waals surface area (Å²) in [5, 5.41) is 7.56. The third kappa shape index (κ3) is 5.73. The van der Waals surface area contributed by atoms with Gasteiger partial charge in [-0.15, -0.1) is 11.3 Å². The van der Waals surface area contributed by atoms with Crippen LogP contribution in [0, 0.1) is 20.8 Å². The minimum Gasteiger partial charge on any atom is -0.489 e. The number of carbonyl (C=O) groups excluding carboxylic acids is 2. The Morgan fingerprint density at radius 1 is 0.974 bits per heavy atom. The smallest absolute Gasteiger partial charge is 0.338 e. The monoisotopic (exact) mass is 527 g/mol. The summed E-state index contributed by atoms with van der Waals surface area (Å²) >= 11 is 1.63. The van der Waals surface area contributed by atoms with E-state index >= 15 is 0 Å². The lowest BCUT2D eigenvalue weighted by Gasteiger charge is -2.08. The SMILES string of the molecule is Cc1ccc2nc(-c3ccc(NC(=O)COC(=O)c4ccc(OCc5c(C)noc5C)cc4)cc3)sc2c1. The zero-order valence-corrected chi connectivity index (χ0v) is 21.9. The van der Waals surface area contributed by atoms with Gasteiger partial charge in [0.1, 0.15) is 23.1 Å². The van der Waals surface area contributed by atoms with Crippen molar-refractivity contribution in [2.45, 2.75) is 27.4 Å². The molecule has 38 heavy (non-hydrogen) atoms. The van der Waals surface area contributed by atoms with Crippen LogP contribution in [0.3, 0.4) is 0 Å². The lowest BCUT2D eigenvalue weighted by molar-refractivity contribution is -0.119. The van der Waals surface area contributed by atoms with Gasteiger partial charge in [-0.2, -0.15) is 0 Å². The molecule has 2 heterocycles. The molecule has 0 saturated carbocycles. The molecular weight excluding hydrogens is 502 g/mol. The molecule has 5 aromatic rings. The molecule has 0 fully saturated rings. The lowest BCUT2D eigenvalue weighted by atomic mass is 10.2. The molecule has 0 unspecified atom stereocenters. The van der Waals surface area contributed by atoms with Gasteiger partial charge in [0.05, 0.1) is 27.0 Å². The highest BCUT2D eigenvalue weighted by Gasteiger charge is 2.13. The molecule has 0 aliphatic heterocycles. The van der Waals surface area contributed by atoms with Crippen molar-refractivity contribution in [3.63, 3.8) is 0 Å². The van der Waals surface area contributed by atoms with Gasteiger partial charge in [-0.25, -0.2) is 9.78 Å². The summed E-state index contributed by atoms with van der Waals surface area (Å²) < 4.78 is 17.2. The summed E-state index contributed by atoms with van der Waals surface area (Å²) in [6.07, 6.45) is 0. The standard InChI is InChI=1S/C29H25N3O5S/c1-17-4-13-25-26(14-17)38-28(31-25)20-5-9-22(10-6-20)30-27(33)16-36-29(34)21-7-11-23(12-8-21)35-15-24-18(2)32-37-19(24)3/h4-14H,15-16H2,1-3H3,(H,30,33). The second kappa shape index (κ2) is 10.9. The molecule has 0 aliphatic carbocycles. The Labute approximate surface area is 223 Å². The van der Waals surface area contributed by atoms with Crippen LogP contribution < -0.4 is 10.1 Å². The minimum absolute atomic E-state index is 0.312. The van der Waals surface area contributed by atoms with E-state index in [1.807, 2.05) is 38.1 Å². The number of nitrogens with zero attached hydrogens (tertiary/aromatic N) is 2. The fourth-order valence-corrected chi connectivity index (χ4v) is 4.88. The van der Waals surface area contributed by atoms with Crippen molar-refractivity contribution in [2.75, 3.05) is 11.9 Å². The van der Waals surface area contributed by atoms with Crippen molar-refractivity contribution in [1.82, 2.24) is 10.1 Å². The molecule has 0 saturated heterocycles. The molecule has 0 bridgehead atoms. The second-order valence-corrected chi connectivity index (χ2v) is 9.84. The van der Waals surface area contributed by atoms with Crippen molar-refractivity contribution in [2.24, 2.45) is 0 Å². The molecule has 2 aromatic heterocycles. The van der Waals surface area contributed by atoms with Gasteiger partial charge in [-0.05, 0) is 87.0 Å². The summed E-state index contributed by atoms with van der Waals surface area (Å²) in [7, 11) is 0. The van der Waals surface area contributed by atoms with Crippen LogP contribution in [0.25, 0.3) is 20.8 Å². The number of ether oxygens (including phenoxy) is 2. The largest absolute Gasteiger partial charge is 0.489 e. The number of anilines is 1. The number of hydrogen-bond acceptors (Lipinski definition) is 8. The molecule has 0 spiro atoms. The van der Waals surface area contributed by atoms with Gasteiger partial charge in [0.2, 0.25) is 0 Å². The Morgan fingerprint density at radius 2 is 1.74 bits per heavy atom. The number of esters is 1. The van der Waals surface area contributed by atoms with Gasteiger partial charge in [0.15, 0.2) is 6.61 Å². The van der Waals surface area contributed by atoms with E-state index < -0.39 is 18.5 Å². The van der Waals surface area contributed by atoms with E-state index in [0.717, 1.165) is 32.0 Å². The summed E-state index contributed by atoms with van der Waals surface area (Å²) in [6, 6.07) is 20.1. The maximum Gasteiger partial charge on any atom is 0.338 e. The number of benzene rings is 3. The highest BCUT2D eigenvalue weighted by Crippen LogP contribution is 2.31. The van der Waals surface area contributed by atoms with Crippen LogP contribution in [-0.4, -0.2) is 28.6 Å². The maximum absolute atomic E-state index is 12.4. The van der Waals surface area contributed by atoms with E-state index in [-0.39, 0.29) is 0 Å². The summed E-state index contributed by atoms with van der Waals surface area (Å²) in [4.78, 5) is 29.4. The highest BCUT2D eigenvalue weighted by molar-refractivity contribution is 7.21. The van der Waals surface area contributed by atoms with Crippen molar-refractivity contribution in [3.8, 4) is 16.3 Å². The number of rotatable bonds is 8. The topological polar surface area (TPSA) is 104 Å². The third-order valence-corrected chi connectivity index (χ3v) is 7.02. The van der Waals surface area contributed by atoms with Gasteiger partial charge >= 0.3 is 5.97 Å². The molecule has 0 radical (unpaired) electrons. The molecule has 192 valence electrons. The van der Waals surface area contributed by atoms with Gasteiger partial charge in [0.25, 0.3) is 5.91 Å². The highest BCUT2D eigenvalue weighted by atomic mass is 32.1. The molecule has 1 amide bonds. The summed E-state index contributed by atoms with van der Waals surface area (Å²) in [5.41, 5.74) is 5.72. The van der Waals surface area contributed by atoms with Crippen LogP contribution in [0.5, 0.6) is 5.75 Å². The Morgan fingerprint density at radius 3 is 2.45 bits per heavy atom. The Kier molecular flexibility index (Phi) is 7.19. The fraction of sp³-hybridized carbons (Fsp3) is 0.172. The number of aryl methyl sites for hydroxylation is 3. The van der Waals surface area contributed by atoms with Crippen LogP contribution in [0.2, 0.25) is 0 Å². The van der Waals surface area contributed by atoms with E-state index in [4.69, 9.17) is 14.0 Å². The van der Waals surface area contributed by atoms with Gasteiger partial charge < -0.3 is 19.3 Å². The Balaban J connectivity index is 1.11. The van der Waals surface area contributed by atoms with E-state index in [2.05, 4.69) is 28.4 Å². The predicted octanol–water partition coefficient (Wildman–Crippen LogP) is 6.25. The minimum atomic E-state index is -0.598. The van der Waals surface area contributed by atoms with Crippen molar-refractivity contribution in [1.29, 1.82) is 0 Å². The van der Waals surface area contributed by atoms with E-state index in [9.17, 15) is 9.59 Å². The number of amides is 1. The van der Waals surface area contributed by atoms with Crippen molar-refractivity contribution in [3.05, 3.63) is 94.9 Å². The van der Waals surface area contributed by atoms with Crippen LogP contribution >= 0.6 is 11.3 Å². The van der Waals surface area contributed by atoms with Crippen LogP contribution in [0.1, 0.15) is 32.9 Å². The average molecular weight is 528 g/mol.